The van der Waals surface area contributed by atoms with Gasteiger partial charge in [0.15, 0.2) is 0 Å². The Morgan fingerprint density at radius 2 is 2.00 bits per heavy atom. The summed E-state index contributed by atoms with van der Waals surface area (Å²) in [4.78, 5) is 32.2. The highest BCUT2D eigenvalue weighted by atomic mass is 32.1. The molecule has 7 heteroatoms. The summed E-state index contributed by atoms with van der Waals surface area (Å²) in [7, 11) is 0. The number of carbonyl (C=O) groups excluding carboxylic acids is 1. The summed E-state index contributed by atoms with van der Waals surface area (Å²) >= 11 is 3.01. The molecular formula is C20H15N3O2S2. The molecule has 0 radical (unpaired) electrons. The van der Waals surface area contributed by atoms with Gasteiger partial charge >= 0.3 is 0 Å². The van der Waals surface area contributed by atoms with Gasteiger partial charge in [-0.15, -0.1) is 22.7 Å². The summed E-state index contributed by atoms with van der Waals surface area (Å²) in [5.74, 6) is -0.389. The zero-order valence-electron chi connectivity index (χ0n) is 14.4. The SMILES string of the molecule is Cc1sc2ncn(NC(=O)/C=C/c3cccs3)c(=O)c2c1-c1ccccc1. The van der Waals surface area contributed by atoms with Gasteiger partial charge in [0, 0.05) is 21.4 Å². The average molecular weight is 393 g/mol. The van der Waals surface area contributed by atoms with E-state index in [1.165, 1.54) is 35.1 Å². The van der Waals surface area contributed by atoms with Crippen molar-refractivity contribution in [2.75, 3.05) is 5.43 Å². The number of amides is 1. The lowest BCUT2D eigenvalue weighted by atomic mass is 10.0. The third-order valence-electron chi connectivity index (χ3n) is 4.02. The summed E-state index contributed by atoms with van der Waals surface area (Å²) < 4.78 is 1.14. The van der Waals surface area contributed by atoms with Crippen LogP contribution >= 0.6 is 22.7 Å². The van der Waals surface area contributed by atoms with E-state index in [2.05, 4.69) is 10.4 Å². The van der Waals surface area contributed by atoms with Crippen LogP contribution in [0.2, 0.25) is 0 Å². The molecule has 0 unspecified atom stereocenters. The molecule has 0 saturated carbocycles. The number of thiophene rings is 2. The molecule has 27 heavy (non-hydrogen) atoms. The van der Waals surface area contributed by atoms with Crippen LogP contribution < -0.4 is 11.0 Å². The van der Waals surface area contributed by atoms with Crippen molar-refractivity contribution in [3.63, 3.8) is 0 Å². The largest absolute Gasteiger partial charge is 0.281 e. The van der Waals surface area contributed by atoms with Gasteiger partial charge in [-0.25, -0.2) is 9.66 Å². The maximum atomic E-state index is 13.0. The third kappa shape index (κ3) is 3.47. The molecule has 0 fully saturated rings. The van der Waals surface area contributed by atoms with Crippen molar-refractivity contribution in [2.45, 2.75) is 6.92 Å². The fourth-order valence-corrected chi connectivity index (χ4v) is 4.46. The zero-order valence-corrected chi connectivity index (χ0v) is 16.0. The number of fused-ring (bicyclic) bond motifs is 1. The van der Waals surface area contributed by atoms with Gasteiger partial charge in [0.1, 0.15) is 11.2 Å². The monoisotopic (exact) mass is 393 g/mol. The van der Waals surface area contributed by atoms with E-state index in [1.807, 2.05) is 54.8 Å². The second-order valence-corrected chi connectivity index (χ2v) is 8.01. The molecule has 1 amide bonds. The Balaban J connectivity index is 1.72. The molecule has 3 heterocycles. The summed E-state index contributed by atoms with van der Waals surface area (Å²) in [5.41, 5.74) is 4.11. The van der Waals surface area contributed by atoms with Gasteiger partial charge in [0.2, 0.25) is 0 Å². The zero-order chi connectivity index (χ0) is 18.8. The molecule has 0 bridgehead atoms. The molecule has 0 saturated heterocycles. The standard InChI is InChI=1S/C20H15N3O2S2/c1-13-17(14-6-3-2-4-7-14)18-19(27-13)21-12-23(20(18)25)22-16(24)10-9-15-8-5-11-26-15/h2-12H,1H3,(H,22,24)/b10-9+. The number of hydrogen-bond donors (Lipinski definition) is 1. The molecule has 134 valence electrons. The molecular weight excluding hydrogens is 378 g/mol. The van der Waals surface area contributed by atoms with Crippen LogP contribution in [0.3, 0.4) is 0 Å². The van der Waals surface area contributed by atoms with Crippen molar-refractivity contribution in [2.24, 2.45) is 0 Å². The Hall–Kier alpha value is -3.03. The second kappa shape index (κ2) is 7.30. The minimum atomic E-state index is -0.389. The Morgan fingerprint density at radius 3 is 2.74 bits per heavy atom. The lowest BCUT2D eigenvalue weighted by molar-refractivity contribution is -0.112. The minimum Gasteiger partial charge on any atom is -0.268 e. The first kappa shape index (κ1) is 17.4. The highest BCUT2D eigenvalue weighted by Crippen LogP contribution is 2.35. The number of hydrogen-bond acceptors (Lipinski definition) is 5. The van der Waals surface area contributed by atoms with Crippen LogP contribution in [-0.2, 0) is 4.79 Å². The molecule has 4 aromatic rings. The Kier molecular flexibility index (Phi) is 4.70. The number of rotatable bonds is 4. The molecule has 0 aliphatic rings. The Bertz CT molecular complexity index is 1190. The summed E-state index contributed by atoms with van der Waals surface area (Å²) in [6, 6.07) is 13.6. The van der Waals surface area contributed by atoms with E-state index in [-0.39, 0.29) is 11.5 Å². The van der Waals surface area contributed by atoms with Crippen LogP contribution in [-0.4, -0.2) is 15.6 Å². The first-order valence-corrected chi connectivity index (χ1v) is 9.92. The highest BCUT2D eigenvalue weighted by Gasteiger charge is 2.17. The van der Waals surface area contributed by atoms with Crippen molar-refractivity contribution in [3.05, 3.63) is 80.4 Å². The molecule has 0 atom stereocenters. The highest BCUT2D eigenvalue weighted by molar-refractivity contribution is 7.19. The molecule has 4 rings (SSSR count). The molecule has 5 nitrogen and oxygen atoms in total. The molecule has 0 aliphatic heterocycles. The predicted octanol–water partition coefficient (Wildman–Crippen LogP) is 4.28. The fourth-order valence-electron chi connectivity index (χ4n) is 2.83. The quantitative estimate of drug-likeness (QED) is 0.527. The van der Waals surface area contributed by atoms with E-state index in [0.717, 1.165) is 25.6 Å². The lowest BCUT2D eigenvalue weighted by Crippen LogP contribution is -2.32. The van der Waals surface area contributed by atoms with Crippen molar-refractivity contribution >= 4 is 44.9 Å². The van der Waals surface area contributed by atoms with Crippen LogP contribution in [0.25, 0.3) is 27.4 Å². The van der Waals surface area contributed by atoms with Crippen molar-refractivity contribution in [3.8, 4) is 11.1 Å². The first-order chi connectivity index (χ1) is 13.1. The summed E-state index contributed by atoms with van der Waals surface area (Å²) in [6.07, 6.45) is 4.47. The van der Waals surface area contributed by atoms with Crippen molar-refractivity contribution < 1.29 is 4.79 Å². The van der Waals surface area contributed by atoms with E-state index in [0.29, 0.717) is 10.2 Å². The van der Waals surface area contributed by atoms with Gasteiger partial charge in [-0.2, -0.15) is 0 Å². The number of nitrogens with one attached hydrogen (secondary N) is 1. The van der Waals surface area contributed by atoms with Gasteiger partial charge in [0.05, 0.1) is 5.39 Å². The van der Waals surface area contributed by atoms with Gasteiger partial charge in [-0.05, 0) is 30.0 Å². The topological polar surface area (TPSA) is 64.0 Å². The van der Waals surface area contributed by atoms with Crippen LogP contribution in [0.5, 0.6) is 0 Å². The summed E-state index contributed by atoms with van der Waals surface area (Å²) in [5, 5.41) is 2.46. The third-order valence-corrected chi connectivity index (χ3v) is 5.87. The van der Waals surface area contributed by atoms with Crippen molar-refractivity contribution in [1.82, 2.24) is 9.66 Å². The first-order valence-electron chi connectivity index (χ1n) is 8.22. The molecule has 3 aromatic heterocycles. The number of aryl methyl sites for hydroxylation is 1. The van der Waals surface area contributed by atoms with E-state index >= 15 is 0 Å². The molecule has 0 spiro atoms. The number of nitrogens with zero attached hydrogens (tertiary/aromatic N) is 2. The van der Waals surface area contributed by atoms with Gasteiger partial charge in [-0.1, -0.05) is 36.4 Å². The molecule has 0 aliphatic carbocycles. The van der Waals surface area contributed by atoms with Gasteiger partial charge in [-0.3, -0.25) is 15.0 Å². The maximum Gasteiger partial charge on any atom is 0.281 e. The maximum absolute atomic E-state index is 13.0. The van der Waals surface area contributed by atoms with Crippen LogP contribution in [0.1, 0.15) is 9.75 Å². The molecule has 1 aromatic carbocycles. The van der Waals surface area contributed by atoms with E-state index < -0.39 is 0 Å². The summed E-state index contributed by atoms with van der Waals surface area (Å²) in [6.45, 7) is 1.97. The van der Waals surface area contributed by atoms with Crippen LogP contribution in [0.15, 0.2) is 65.0 Å². The number of carbonyl (C=O) groups is 1. The van der Waals surface area contributed by atoms with Crippen LogP contribution in [0, 0.1) is 6.92 Å². The predicted molar refractivity (Wildman–Crippen MR) is 112 cm³/mol. The van der Waals surface area contributed by atoms with Crippen molar-refractivity contribution in [1.29, 1.82) is 0 Å². The smallest absolute Gasteiger partial charge is 0.268 e. The Labute approximate surface area is 163 Å². The van der Waals surface area contributed by atoms with Crippen LogP contribution in [0.4, 0.5) is 0 Å². The molecule has 1 N–H and O–H groups in total. The van der Waals surface area contributed by atoms with E-state index in [1.54, 1.807) is 6.08 Å². The van der Waals surface area contributed by atoms with Gasteiger partial charge < -0.3 is 0 Å². The Morgan fingerprint density at radius 1 is 1.19 bits per heavy atom. The average Bonchev–Trinajstić information content (AvgIpc) is 3.30. The fraction of sp³-hybridized carbons (Fsp3) is 0.0500. The minimum absolute atomic E-state index is 0.291. The lowest BCUT2D eigenvalue weighted by Gasteiger charge is -2.06. The number of aromatic nitrogens is 2. The van der Waals surface area contributed by atoms with Gasteiger partial charge in [0.25, 0.3) is 11.5 Å². The second-order valence-electron chi connectivity index (χ2n) is 5.82. The van der Waals surface area contributed by atoms with E-state index in [9.17, 15) is 9.59 Å². The normalized spacial score (nSPS) is 11.3. The van der Waals surface area contributed by atoms with E-state index in [4.69, 9.17) is 0 Å². The number of benzene rings is 1.